The first-order chi connectivity index (χ1) is 10.2. The van der Waals surface area contributed by atoms with Crippen molar-refractivity contribution in [3.8, 4) is 11.4 Å². The van der Waals surface area contributed by atoms with E-state index in [2.05, 4.69) is 15.0 Å². The number of piperidine rings is 1. The smallest absolute Gasteiger partial charge is 0.241 e. The van der Waals surface area contributed by atoms with Crippen molar-refractivity contribution >= 4 is 11.6 Å². The van der Waals surface area contributed by atoms with Gasteiger partial charge in [-0.25, -0.2) is 0 Å². The highest BCUT2D eigenvalue weighted by molar-refractivity contribution is 6.30. The van der Waals surface area contributed by atoms with Crippen LogP contribution in [-0.2, 0) is 6.54 Å². The average Bonchev–Trinajstić information content (AvgIpc) is 2.96. The molecule has 2 heterocycles. The molecule has 1 saturated heterocycles. The van der Waals surface area contributed by atoms with Crippen molar-refractivity contribution in [3.05, 3.63) is 35.2 Å². The third kappa shape index (κ3) is 3.61. The SMILES string of the molecule is OCC1CCCN(Cc2nc(-c3ccc(Cl)cc3)no2)C1. The van der Waals surface area contributed by atoms with E-state index < -0.39 is 0 Å². The van der Waals surface area contributed by atoms with E-state index in [9.17, 15) is 5.11 Å². The van der Waals surface area contributed by atoms with Crippen LogP contribution in [0.1, 0.15) is 18.7 Å². The predicted octanol–water partition coefficient (Wildman–Crippen LogP) is 2.59. The van der Waals surface area contributed by atoms with E-state index in [0.29, 0.717) is 29.2 Å². The highest BCUT2D eigenvalue weighted by atomic mass is 35.5. The van der Waals surface area contributed by atoms with Gasteiger partial charge in [0.1, 0.15) is 0 Å². The van der Waals surface area contributed by atoms with Crippen LogP contribution in [0.2, 0.25) is 5.02 Å². The minimum absolute atomic E-state index is 0.246. The Morgan fingerprint density at radius 1 is 1.33 bits per heavy atom. The number of aromatic nitrogens is 2. The van der Waals surface area contributed by atoms with Crippen LogP contribution in [0.15, 0.2) is 28.8 Å². The number of aliphatic hydroxyl groups excluding tert-OH is 1. The fourth-order valence-electron chi connectivity index (χ4n) is 2.67. The van der Waals surface area contributed by atoms with E-state index in [1.165, 1.54) is 0 Å². The van der Waals surface area contributed by atoms with Gasteiger partial charge in [-0.15, -0.1) is 0 Å². The molecule has 0 radical (unpaired) electrons. The van der Waals surface area contributed by atoms with Gasteiger partial charge >= 0.3 is 0 Å². The molecule has 0 aliphatic carbocycles. The summed E-state index contributed by atoms with van der Waals surface area (Å²) in [7, 11) is 0. The molecule has 1 aromatic carbocycles. The molecule has 1 unspecified atom stereocenters. The van der Waals surface area contributed by atoms with Crippen molar-refractivity contribution in [3.63, 3.8) is 0 Å². The van der Waals surface area contributed by atoms with Crippen LogP contribution < -0.4 is 0 Å². The topological polar surface area (TPSA) is 62.4 Å². The highest BCUT2D eigenvalue weighted by Gasteiger charge is 2.21. The van der Waals surface area contributed by atoms with Crippen LogP contribution in [0.3, 0.4) is 0 Å². The number of aliphatic hydroxyl groups is 1. The first kappa shape index (κ1) is 14.5. The molecule has 1 aliphatic heterocycles. The standard InChI is InChI=1S/C15H18ClN3O2/c16-13-5-3-12(4-6-13)15-17-14(21-18-15)9-19-7-1-2-11(8-19)10-20/h3-6,11,20H,1-2,7-10H2. The normalized spacial score (nSPS) is 19.8. The zero-order valence-corrected chi connectivity index (χ0v) is 12.5. The Kier molecular flexibility index (Phi) is 4.53. The van der Waals surface area contributed by atoms with Gasteiger partial charge in [0.05, 0.1) is 6.54 Å². The number of hydrogen-bond donors (Lipinski definition) is 1. The molecule has 6 heteroatoms. The second-order valence-corrected chi connectivity index (χ2v) is 5.88. The lowest BCUT2D eigenvalue weighted by molar-refractivity contribution is 0.107. The maximum Gasteiger partial charge on any atom is 0.241 e. The first-order valence-electron chi connectivity index (χ1n) is 7.16. The lowest BCUT2D eigenvalue weighted by Crippen LogP contribution is -2.36. The van der Waals surface area contributed by atoms with Crippen LogP contribution in [0.5, 0.6) is 0 Å². The third-order valence-corrected chi connectivity index (χ3v) is 4.04. The molecular weight excluding hydrogens is 290 g/mol. The molecule has 1 fully saturated rings. The van der Waals surface area contributed by atoms with Gasteiger partial charge in [-0.1, -0.05) is 16.8 Å². The van der Waals surface area contributed by atoms with Gasteiger partial charge in [0.15, 0.2) is 0 Å². The van der Waals surface area contributed by atoms with Crippen LogP contribution in [0, 0.1) is 5.92 Å². The number of likely N-dealkylation sites (tertiary alicyclic amines) is 1. The second-order valence-electron chi connectivity index (χ2n) is 5.44. The Labute approximate surface area is 128 Å². The Morgan fingerprint density at radius 3 is 2.90 bits per heavy atom. The Bertz CT molecular complexity index is 585. The highest BCUT2D eigenvalue weighted by Crippen LogP contribution is 2.21. The quantitative estimate of drug-likeness (QED) is 0.940. The van der Waals surface area contributed by atoms with Crippen molar-refractivity contribution in [1.29, 1.82) is 0 Å². The Morgan fingerprint density at radius 2 is 2.14 bits per heavy atom. The molecule has 0 amide bonds. The predicted molar refractivity (Wildman–Crippen MR) is 79.8 cm³/mol. The number of rotatable bonds is 4. The van der Waals surface area contributed by atoms with E-state index in [1.54, 1.807) is 0 Å². The average molecular weight is 308 g/mol. The van der Waals surface area contributed by atoms with Crippen molar-refractivity contribution < 1.29 is 9.63 Å². The number of halogens is 1. The van der Waals surface area contributed by atoms with E-state index in [4.69, 9.17) is 16.1 Å². The summed E-state index contributed by atoms with van der Waals surface area (Å²) in [6.45, 7) is 2.78. The fourth-order valence-corrected chi connectivity index (χ4v) is 2.80. The molecule has 1 N–H and O–H groups in total. The lowest BCUT2D eigenvalue weighted by atomic mass is 9.99. The molecular formula is C15H18ClN3O2. The molecule has 0 spiro atoms. The van der Waals surface area contributed by atoms with E-state index in [0.717, 1.165) is 31.5 Å². The molecule has 21 heavy (non-hydrogen) atoms. The first-order valence-corrected chi connectivity index (χ1v) is 7.54. The van der Waals surface area contributed by atoms with Gasteiger partial charge in [-0.3, -0.25) is 4.90 Å². The number of benzene rings is 1. The number of nitrogens with zero attached hydrogens (tertiary/aromatic N) is 3. The monoisotopic (exact) mass is 307 g/mol. The van der Waals surface area contributed by atoms with Gasteiger partial charge in [-0.2, -0.15) is 4.98 Å². The van der Waals surface area contributed by atoms with Crippen LogP contribution in [-0.4, -0.2) is 39.8 Å². The summed E-state index contributed by atoms with van der Waals surface area (Å²) in [5.74, 6) is 1.55. The van der Waals surface area contributed by atoms with Crippen molar-refractivity contribution in [2.75, 3.05) is 19.7 Å². The molecule has 1 aromatic heterocycles. The molecule has 2 aromatic rings. The fraction of sp³-hybridized carbons (Fsp3) is 0.467. The molecule has 3 rings (SSSR count). The van der Waals surface area contributed by atoms with Crippen molar-refractivity contribution in [2.45, 2.75) is 19.4 Å². The van der Waals surface area contributed by atoms with Crippen LogP contribution >= 0.6 is 11.6 Å². The summed E-state index contributed by atoms with van der Waals surface area (Å²) in [5, 5.41) is 14.0. The van der Waals surface area contributed by atoms with E-state index >= 15 is 0 Å². The summed E-state index contributed by atoms with van der Waals surface area (Å²) in [5.41, 5.74) is 0.890. The van der Waals surface area contributed by atoms with Crippen molar-refractivity contribution in [1.82, 2.24) is 15.0 Å². The van der Waals surface area contributed by atoms with Gasteiger partial charge in [-0.05, 0) is 49.6 Å². The zero-order valence-electron chi connectivity index (χ0n) is 11.7. The Balaban J connectivity index is 1.66. The Hall–Kier alpha value is -1.43. The molecule has 112 valence electrons. The molecule has 1 aliphatic rings. The van der Waals surface area contributed by atoms with Gasteiger partial charge < -0.3 is 9.63 Å². The van der Waals surface area contributed by atoms with Crippen LogP contribution in [0.25, 0.3) is 11.4 Å². The molecule has 5 nitrogen and oxygen atoms in total. The molecule has 0 bridgehead atoms. The summed E-state index contributed by atoms with van der Waals surface area (Å²) in [6, 6.07) is 7.37. The van der Waals surface area contributed by atoms with Crippen molar-refractivity contribution in [2.24, 2.45) is 5.92 Å². The molecule has 0 saturated carbocycles. The minimum Gasteiger partial charge on any atom is -0.396 e. The summed E-state index contributed by atoms with van der Waals surface area (Å²) in [4.78, 5) is 6.68. The number of hydrogen-bond acceptors (Lipinski definition) is 5. The largest absolute Gasteiger partial charge is 0.396 e. The maximum atomic E-state index is 9.26. The summed E-state index contributed by atoms with van der Waals surface area (Å²) in [6.07, 6.45) is 2.19. The third-order valence-electron chi connectivity index (χ3n) is 3.79. The minimum atomic E-state index is 0.246. The van der Waals surface area contributed by atoms with Gasteiger partial charge in [0, 0.05) is 23.7 Å². The summed E-state index contributed by atoms with van der Waals surface area (Å²) >= 11 is 5.87. The second kappa shape index (κ2) is 6.56. The van der Waals surface area contributed by atoms with E-state index in [-0.39, 0.29) is 6.61 Å². The molecule has 1 atom stereocenters. The maximum absolute atomic E-state index is 9.26. The lowest BCUT2D eigenvalue weighted by Gasteiger charge is -2.30. The van der Waals surface area contributed by atoms with Gasteiger partial charge in [0.25, 0.3) is 0 Å². The van der Waals surface area contributed by atoms with Crippen LogP contribution in [0.4, 0.5) is 0 Å². The zero-order chi connectivity index (χ0) is 14.7. The van der Waals surface area contributed by atoms with E-state index in [1.807, 2.05) is 24.3 Å². The van der Waals surface area contributed by atoms with Gasteiger partial charge in [0.2, 0.25) is 11.7 Å². The summed E-state index contributed by atoms with van der Waals surface area (Å²) < 4.78 is 5.32.